The van der Waals surface area contributed by atoms with Crippen LogP contribution in [0.3, 0.4) is 0 Å². The minimum absolute atomic E-state index is 0.0373. The van der Waals surface area contributed by atoms with Crippen LogP contribution in [-0.4, -0.2) is 48.6 Å². The second-order valence-corrected chi connectivity index (χ2v) is 11.9. The Morgan fingerprint density at radius 3 is 2.32 bits per heavy atom. The second kappa shape index (κ2) is 11.0. The number of alkyl halides is 3. The van der Waals surface area contributed by atoms with Gasteiger partial charge in [-0.1, -0.05) is 42.5 Å². The molecule has 0 bridgehead atoms. The number of sulfonamides is 1. The van der Waals surface area contributed by atoms with Crippen molar-refractivity contribution in [2.24, 2.45) is 5.92 Å². The molecule has 0 radical (unpaired) electrons. The lowest BCUT2D eigenvalue weighted by Gasteiger charge is -2.36. The summed E-state index contributed by atoms with van der Waals surface area (Å²) >= 11 is 0. The molecular weight excluding hydrogens is 557 g/mol. The highest BCUT2D eigenvalue weighted by atomic mass is 32.2. The lowest BCUT2D eigenvalue weighted by molar-refractivity contribution is -0.137. The van der Waals surface area contributed by atoms with E-state index in [1.807, 2.05) is 30.3 Å². The molecule has 1 saturated heterocycles. The Bertz CT molecular complexity index is 1630. The highest BCUT2D eigenvalue weighted by Gasteiger charge is 2.38. The van der Waals surface area contributed by atoms with E-state index in [1.165, 1.54) is 45.6 Å². The zero-order valence-electron chi connectivity index (χ0n) is 21.6. The summed E-state index contributed by atoms with van der Waals surface area (Å²) in [5, 5.41) is 11.7. The van der Waals surface area contributed by atoms with Crippen LogP contribution in [0.1, 0.15) is 32.6 Å². The van der Waals surface area contributed by atoms with Gasteiger partial charge in [0.15, 0.2) is 0 Å². The number of nitrogens with one attached hydrogen (secondary N) is 1. The molecule has 41 heavy (non-hydrogen) atoms. The summed E-state index contributed by atoms with van der Waals surface area (Å²) in [7, 11) is -3.90. The van der Waals surface area contributed by atoms with Crippen molar-refractivity contribution in [3.05, 3.63) is 101 Å². The summed E-state index contributed by atoms with van der Waals surface area (Å²) in [4.78, 5) is 28.4. The summed E-state index contributed by atoms with van der Waals surface area (Å²) < 4.78 is 65.9. The number of nitrogens with zero attached hydrogens (tertiary/aromatic N) is 3. The molecule has 1 atom stereocenters. The molecule has 0 aliphatic carbocycles. The van der Waals surface area contributed by atoms with E-state index in [0.29, 0.717) is 5.56 Å². The monoisotopic (exact) mass is 582 g/mol. The maximum Gasteiger partial charge on any atom is 0.416 e. The second-order valence-electron chi connectivity index (χ2n) is 10.0. The Balaban J connectivity index is 1.37. The zero-order chi connectivity index (χ0) is 29.4. The van der Waals surface area contributed by atoms with Crippen LogP contribution in [0.25, 0.3) is 0 Å². The Hall–Kier alpha value is -4.21. The SMILES string of the molecule is N#CC1CN(S(=O)(=O)c2cccc(C(=O)N3Cc4ccccc4C[C@@H]3C(=O)NCc3ccc(C(F)(F)F)cc3)c2)C1. The van der Waals surface area contributed by atoms with Crippen molar-refractivity contribution in [3.8, 4) is 6.07 Å². The first-order chi connectivity index (χ1) is 19.5. The number of carbonyl (C=O) groups excluding carboxylic acids is 2. The molecule has 212 valence electrons. The predicted molar refractivity (Wildman–Crippen MR) is 141 cm³/mol. The van der Waals surface area contributed by atoms with E-state index in [1.54, 1.807) is 0 Å². The van der Waals surface area contributed by atoms with Gasteiger partial charge in [-0.15, -0.1) is 0 Å². The molecule has 0 unspecified atom stereocenters. The van der Waals surface area contributed by atoms with Gasteiger partial charge in [0.25, 0.3) is 5.91 Å². The van der Waals surface area contributed by atoms with Gasteiger partial charge in [0.05, 0.1) is 22.4 Å². The lowest BCUT2D eigenvalue weighted by atomic mass is 9.92. The third kappa shape index (κ3) is 5.82. The van der Waals surface area contributed by atoms with Crippen molar-refractivity contribution in [1.29, 1.82) is 5.26 Å². The van der Waals surface area contributed by atoms with Crippen LogP contribution in [0.2, 0.25) is 0 Å². The highest BCUT2D eigenvalue weighted by molar-refractivity contribution is 7.89. The Morgan fingerprint density at radius 2 is 1.66 bits per heavy atom. The summed E-state index contributed by atoms with van der Waals surface area (Å²) in [6, 6.07) is 18.5. The van der Waals surface area contributed by atoms with Crippen molar-refractivity contribution < 1.29 is 31.2 Å². The van der Waals surface area contributed by atoms with E-state index < -0.39 is 39.6 Å². The van der Waals surface area contributed by atoms with Crippen LogP contribution in [0.5, 0.6) is 0 Å². The normalized spacial score (nSPS) is 17.7. The van der Waals surface area contributed by atoms with Crippen LogP contribution in [-0.2, 0) is 40.5 Å². The van der Waals surface area contributed by atoms with Gasteiger partial charge in [-0.25, -0.2) is 8.42 Å². The van der Waals surface area contributed by atoms with Gasteiger partial charge < -0.3 is 10.2 Å². The average molecular weight is 583 g/mol. The smallest absolute Gasteiger partial charge is 0.350 e. The number of rotatable bonds is 6. The van der Waals surface area contributed by atoms with E-state index in [0.717, 1.165) is 23.3 Å². The van der Waals surface area contributed by atoms with Crippen molar-refractivity contribution in [3.63, 3.8) is 0 Å². The van der Waals surface area contributed by atoms with Gasteiger partial charge >= 0.3 is 6.18 Å². The third-order valence-corrected chi connectivity index (χ3v) is 9.14. The molecule has 1 fully saturated rings. The number of benzene rings is 3. The molecule has 8 nitrogen and oxygen atoms in total. The molecule has 1 N–H and O–H groups in total. The first-order valence-corrected chi connectivity index (χ1v) is 14.2. The number of amides is 2. The van der Waals surface area contributed by atoms with Gasteiger partial charge in [0, 0.05) is 38.2 Å². The van der Waals surface area contributed by atoms with Gasteiger partial charge in [-0.2, -0.15) is 22.7 Å². The Morgan fingerprint density at radius 1 is 0.976 bits per heavy atom. The molecule has 5 rings (SSSR count). The van der Waals surface area contributed by atoms with E-state index in [9.17, 15) is 31.2 Å². The molecule has 0 aromatic heterocycles. The molecule has 2 aliphatic rings. The molecule has 0 saturated carbocycles. The molecule has 0 spiro atoms. The lowest BCUT2D eigenvalue weighted by Crippen LogP contribution is -2.52. The number of fused-ring (bicyclic) bond motifs is 1. The van der Waals surface area contributed by atoms with Gasteiger partial charge in [0.2, 0.25) is 15.9 Å². The molecule has 12 heteroatoms. The summed E-state index contributed by atoms with van der Waals surface area (Å²) in [5.74, 6) is -1.39. The van der Waals surface area contributed by atoms with E-state index in [4.69, 9.17) is 5.26 Å². The summed E-state index contributed by atoms with van der Waals surface area (Å²) in [6.45, 7) is 0.243. The fourth-order valence-electron chi connectivity index (χ4n) is 4.91. The molecule has 3 aromatic rings. The topological polar surface area (TPSA) is 111 Å². The highest BCUT2D eigenvalue weighted by Crippen LogP contribution is 2.30. The number of carbonyl (C=O) groups is 2. The van der Waals surface area contributed by atoms with E-state index in [-0.39, 0.29) is 49.0 Å². The maximum absolute atomic E-state index is 13.7. The molecule has 2 aliphatic heterocycles. The zero-order valence-corrected chi connectivity index (χ0v) is 22.5. The number of hydrogen-bond donors (Lipinski definition) is 1. The quantitative estimate of drug-likeness (QED) is 0.476. The van der Waals surface area contributed by atoms with E-state index in [2.05, 4.69) is 5.32 Å². The van der Waals surface area contributed by atoms with Gasteiger partial charge in [-0.3, -0.25) is 9.59 Å². The van der Waals surface area contributed by atoms with Crippen molar-refractivity contribution >= 4 is 21.8 Å². The molecule has 2 amide bonds. The van der Waals surface area contributed by atoms with E-state index >= 15 is 0 Å². The van der Waals surface area contributed by atoms with Crippen LogP contribution in [0, 0.1) is 17.2 Å². The molecule has 2 heterocycles. The minimum atomic E-state index is -4.47. The first-order valence-electron chi connectivity index (χ1n) is 12.8. The standard InChI is InChI=1S/C29H25F3N4O4S/c30-29(31,32)24-10-8-19(9-11-24)15-34-27(37)26-13-21-4-1-2-5-23(21)18-36(26)28(38)22-6-3-7-25(12-22)41(39,40)35-16-20(14-33)17-35/h1-12,20,26H,13,15-18H2,(H,34,37)/t26-/m1/s1. The van der Waals surface area contributed by atoms with Crippen molar-refractivity contribution in [1.82, 2.24) is 14.5 Å². The Labute approximate surface area is 235 Å². The van der Waals surface area contributed by atoms with Crippen LogP contribution < -0.4 is 5.32 Å². The maximum atomic E-state index is 13.7. The molecule has 3 aromatic carbocycles. The van der Waals surface area contributed by atoms with Crippen LogP contribution >= 0.6 is 0 Å². The predicted octanol–water partition coefficient (Wildman–Crippen LogP) is 3.73. The Kier molecular flexibility index (Phi) is 7.59. The average Bonchev–Trinajstić information content (AvgIpc) is 2.94. The summed E-state index contributed by atoms with van der Waals surface area (Å²) in [5.41, 5.74) is 1.48. The summed E-state index contributed by atoms with van der Waals surface area (Å²) in [6.07, 6.45) is -4.26. The van der Waals surface area contributed by atoms with Gasteiger partial charge in [-0.05, 0) is 47.0 Å². The third-order valence-electron chi connectivity index (χ3n) is 7.31. The van der Waals surface area contributed by atoms with Gasteiger partial charge in [0.1, 0.15) is 6.04 Å². The van der Waals surface area contributed by atoms with Crippen LogP contribution in [0.4, 0.5) is 13.2 Å². The van der Waals surface area contributed by atoms with Crippen molar-refractivity contribution in [2.45, 2.75) is 36.6 Å². The largest absolute Gasteiger partial charge is 0.416 e. The number of halogens is 3. The minimum Gasteiger partial charge on any atom is -0.350 e. The fraction of sp³-hybridized carbons (Fsp3) is 0.276. The van der Waals surface area contributed by atoms with Crippen LogP contribution in [0.15, 0.2) is 77.7 Å². The fourth-order valence-corrected chi connectivity index (χ4v) is 6.49. The number of nitriles is 1. The molecular formula is C29H25F3N4O4S. The first kappa shape index (κ1) is 28.3. The number of hydrogen-bond acceptors (Lipinski definition) is 5. The van der Waals surface area contributed by atoms with Crippen molar-refractivity contribution in [2.75, 3.05) is 13.1 Å².